The van der Waals surface area contributed by atoms with Gasteiger partial charge in [0.15, 0.2) is 9.84 Å². The van der Waals surface area contributed by atoms with Gasteiger partial charge in [-0.15, -0.1) is 0 Å². The molecule has 0 radical (unpaired) electrons. The highest BCUT2D eigenvalue weighted by Crippen LogP contribution is 2.32. The van der Waals surface area contributed by atoms with Gasteiger partial charge in [0.2, 0.25) is 5.91 Å². The van der Waals surface area contributed by atoms with Gasteiger partial charge in [0, 0.05) is 30.8 Å². The number of carbonyl (C=O) groups excluding carboxylic acids is 1. The standard InChI is InChI=1S/C20H22ClN7O3S/c1-28-20(29)18-14(24-13-7-6-11(21)8-15(13)32(2,30)31)9-17(26-19(18)27-28)25-16-5-3-4-12(10-22)23-16/h3-8,14,17-19,24,26-27H,9H2,1-2H3,(H,23,25). The summed E-state index contributed by atoms with van der Waals surface area (Å²) in [6, 6.07) is 11.3. The van der Waals surface area contributed by atoms with E-state index < -0.39 is 21.8 Å². The highest BCUT2D eigenvalue weighted by molar-refractivity contribution is 7.90. The van der Waals surface area contributed by atoms with E-state index in [1.165, 1.54) is 11.1 Å². The van der Waals surface area contributed by atoms with Crippen molar-refractivity contribution < 1.29 is 13.2 Å². The Morgan fingerprint density at radius 1 is 1.28 bits per heavy atom. The number of fused-ring (bicyclic) bond motifs is 1. The van der Waals surface area contributed by atoms with E-state index in [1.54, 1.807) is 37.4 Å². The first-order valence-corrected chi connectivity index (χ1v) is 12.1. The van der Waals surface area contributed by atoms with Gasteiger partial charge < -0.3 is 10.6 Å². The van der Waals surface area contributed by atoms with Crippen LogP contribution in [0.3, 0.4) is 0 Å². The van der Waals surface area contributed by atoms with Crippen molar-refractivity contribution in [1.82, 2.24) is 20.7 Å². The van der Waals surface area contributed by atoms with Crippen molar-refractivity contribution in [2.24, 2.45) is 5.92 Å². The minimum Gasteiger partial charge on any atom is -0.380 e. The van der Waals surface area contributed by atoms with Crippen molar-refractivity contribution in [1.29, 1.82) is 5.26 Å². The van der Waals surface area contributed by atoms with Gasteiger partial charge >= 0.3 is 0 Å². The topological polar surface area (TPSA) is 139 Å². The molecule has 4 atom stereocenters. The van der Waals surface area contributed by atoms with E-state index in [1.807, 2.05) is 6.07 Å². The molecule has 10 nitrogen and oxygen atoms in total. The molecule has 3 heterocycles. The largest absolute Gasteiger partial charge is 0.380 e. The number of carbonyl (C=O) groups is 1. The molecule has 1 aromatic carbocycles. The number of aromatic nitrogens is 1. The molecule has 4 rings (SSSR count). The first-order valence-electron chi connectivity index (χ1n) is 9.85. The highest BCUT2D eigenvalue weighted by atomic mass is 35.5. The van der Waals surface area contributed by atoms with E-state index in [-0.39, 0.29) is 28.8 Å². The summed E-state index contributed by atoms with van der Waals surface area (Å²) in [7, 11) is -1.91. The Kier molecular flexibility index (Phi) is 5.96. The quantitative estimate of drug-likeness (QED) is 0.501. The molecule has 4 unspecified atom stereocenters. The molecule has 2 aromatic rings. The molecule has 2 fully saturated rings. The van der Waals surface area contributed by atoms with Gasteiger partial charge in [-0.25, -0.2) is 18.8 Å². The number of hydrogen-bond donors (Lipinski definition) is 4. The number of hydrogen-bond acceptors (Lipinski definition) is 9. The van der Waals surface area contributed by atoms with Gasteiger partial charge in [0.05, 0.1) is 28.8 Å². The lowest BCUT2D eigenvalue weighted by atomic mass is 9.88. The molecule has 12 heteroatoms. The second-order valence-electron chi connectivity index (χ2n) is 7.81. The molecular weight excluding hydrogens is 454 g/mol. The summed E-state index contributed by atoms with van der Waals surface area (Å²) in [6.45, 7) is 0. The van der Waals surface area contributed by atoms with Crippen LogP contribution in [-0.4, -0.2) is 56.0 Å². The second kappa shape index (κ2) is 8.55. The molecule has 0 spiro atoms. The van der Waals surface area contributed by atoms with Gasteiger partial charge in [-0.05, 0) is 30.3 Å². The Morgan fingerprint density at radius 3 is 2.78 bits per heavy atom. The number of nitriles is 1. The van der Waals surface area contributed by atoms with Crippen LogP contribution >= 0.6 is 11.6 Å². The molecular formula is C20H22ClN7O3S. The number of hydrazine groups is 1. The summed E-state index contributed by atoms with van der Waals surface area (Å²) in [6.07, 6.45) is 0.858. The van der Waals surface area contributed by atoms with E-state index in [0.717, 1.165) is 6.26 Å². The zero-order chi connectivity index (χ0) is 23.0. The molecule has 2 aliphatic rings. The Hall–Kier alpha value is -2.91. The van der Waals surface area contributed by atoms with E-state index in [0.29, 0.717) is 22.9 Å². The van der Waals surface area contributed by atoms with Crippen LogP contribution in [0, 0.1) is 17.2 Å². The highest BCUT2D eigenvalue weighted by Gasteiger charge is 2.48. The van der Waals surface area contributed by atoms with Crippen molar-refractivity contribution in [3.05, 3.63) is 47.1 Å². The zero-order valence-electron chi connectivity index (χ0n) is 17.3. The molecule has 1 aromatic heterocycles. The second-order valence-corrected chi connectivity index (χ2v) is 10.2. The lowest BCUT2D eigenvalue weighted by molar-refractivity contribution is -0.131. The third-order valence-corrected chi connectivity index (χ3v) is 6.85. The summed E-state index contributed by atoms with van der Waals surface area (Å²) in [4.78, 5) is 17.1. The summed E-state index contributed by atoms with van der Waals surface area (Å²) in [5.41, 5.74) is 3.76. The third-order valence-electron chi connectivity index (χ3n) is 5.48. The van der Waals surface area contributed by atoms with Crippen LogP contribution in [0.4, 0.5) is 11.5 Å². The fraction of sp³-hybridized carbons (Fsp3) is 0.350. The Balaban J connectivity index is 1.63. The molecule has 0 saturated carbocycles. The molecule has 0 bridgehead atoms. The SMILES string of the molecule is CN1NC2NC(Nc3cccc(C#N)n3)CC(Nc3ccc(Cl)cc3S(C)(=O)=O)C2C1=O. The number of halogens is 1. The van der Waals surface area contributed by atoms with Crippen molar-refractivity contribution in [3.63, 3.8) is 0 Å². The van der Waals surface area contributed by atoms with Crippen LogP contribution in [-0.2, 0) is 14.6 Å². The summed E-state index contributed by atoms with van der Waals surface area (Å²) in [5.74, 6) is -0.0720. The van der Waals surface area contributed by atoms with E-state index in [2.05, 4.69) is 26.4 Å². The number of anilines is 2. The summed E-state index contributed by atoms with van der Waals surface area (Å²) < 4.78 is 24.6. The maximum absolute atomic E-state index is 12.8. The fourth-order valence-electron chi connectivity index (χ4n) is 4.08. The molecule has 2 saturated heterocycles. The monoisotopic (exact) mass is 475 g/mol. The average Bonchev–Trinajstić information content (AvgIpc) is 3.02. The molecule has 32 heavy (non-hydrogen) atoms. The van der Waals surface area contributed by atoms with Gasteiger partial charge in [0.25, 0.3) is 0 Å². The lowest BCUT2D eigenvalue weighted by Gasteiger charge is -2.39. The van der Waals surface area contributed by atoms with E-state index in [9.17, 15) is 13.2 Å². The third kappa shape index (κ3) is 4.49. The lowest BCUT2D eigenvalue weighted by Crippen LogP contribution is -2.61. The smallest absolute Gasteiger partial charge is 0.244 e. The average molecular weight is 476 g/mol. The number of benzene rings is 1. The number of amides is 1. The van der Waals surface area contributed by atoms with Crippen molar-refractivity contribution in [2.75, 3.05) is 23.9 Å². The predicted molar refractivity (Wildman–Crippen MR) is 119 cm³/mol. The maximum atomic E-state index is 12.8. The molecule has 2 aliphatic heterocycles. The van der Waals surface area contributed by atoms with Crippen LogP contribution < -0.4 is 21.4 Å². The van der Waals surface area contributed by atoms with Crippen LogP contribution in [0.5, 0.6) is 0 Å². The Labute approximate surface area is 190 Å². The van der Waals surface area contributed by atoms with Crippen molar-refractivity contribution in [2.45, 2.75) is 29.7 Å². The fourth-order valence-corrected chi connectivity index (χ4v) is 5.18. The molecule has 4 N–H and O–H groups in total. The Bertz CT molecular complexity index is 1200. The van der Waals surface area contributed by atoms with E-state index in [4.69, 9.17) is 16.9 Å². The van der Waals surface area contributed by atoms with Gasteiger partial charge in [-0.1, -0.05) is 17.7 Å². The predicted octanol–water partition coefficient (Wildman–Crippen LogP) is 1.14. The first-order chi connectivity index (χ1) is 15.2. The van der Waals surface area contributed by atoms with E-state index >= 15 is 0 Å². The van der Waals surface area contributed by atoms with Crippen molar-refractivity contribution in [3.8, 4) is 6.07 Å². The van der Waals surface area contributed by atoms with Gasteiger partial charge in [-0.3, -0.25) is 15.1 Å². The maximum Gasteiger partial charge on any atom is 0.244 e. The molecule has 168 valence electrons. The van der Waals surface area contributed by atoms with Crippen molar-refractivity contribution >= 4 is 38.9 Å². The normalized spacial score (nSPS) is 25.2. The molecule has 1 amide bonds. The minimum absolute atomic E-state index is 0.0692. The molecule has 0 aliphatic carbocycles. The van der Waals surface area contributed by atoms with Crippen LogP contribution in [0.15, 0.2) is 41.3 Å². The zero-order valence-corrected chi connectivity index (χ0v) is 18.9. The summed E-state index contributed by atoms with van der Waals surface area (Å²) >= 11 is 6.02. The number of piperidine rings is 1. The number of nitrogens with zero attached hydrogens (tertiary/aromatic N) is 3. The summed E-state index contributed by atoms with van der Waals surface area (Å²) in [5, 5.41) is 20.7. The Morgan fingerprint density at radius 2 is 2.06 bits per heavy atom. The van der Waals surface area contributed by atoms with Gasteiger partial charge in [-0.2, -0.15) is 5.26 Å². The minimum atomic E-state index is -3.55. The number of sulfone groups is 1. The van der Waals surface area contributed by atoms with Crippen LogP contribution in [0.2, 0.25) is 5.02 Å². The number of pyridine rings is 1. The number of rotatable bonds is 5. The van der Waals surface area contributed by atoms with Gasteiger partial charge in [0.1, 0.15) is 17.6 Å². The number of nitrogens with one attached hydrogen (secondary N) is 4. The first kappa shape index (κ1) is 22.3. The van der Waals surface area contributed by atoms with Crippen LogP contribution in [0.1, 0.15) is 12.1 Å². The van der Waals surface area contributed by atoms with Crippen LogP contribution in [0.25, 0.3) is 0 Å².